The van der Waals surface area contributed by atoms with E-state index in [4.69, 9.17) is 0 Å². The summed E-state index contributed by atoms with van der Waals surface area (Å²) in [7, 11) is 1.68. The molecule has 0 bridgehead atoms. The predicted octanol–water partition coefficient (Wildman–Crippen LogP) is 3.32. The average Bonchev–Trinajstić information content (AvgIpc) is 3.06. The molecule has 30 heavy (non-hydrogen) atoms. The van der Waals surface area contributed by atoms with Gasteiger partial charge in [0, 0.05) is 31.2 Å². The summed E-state index contributed by atoms with van der Waals surface area (Å²) in [5, 5.41) is 24.4. The number of nitrogens with one attached hydrogen (secondary N) is 1. The van der Waals surface area contributed by atoms with Crippen LogP contribution in [0.15, 0.2) is 0 Å². The number of carbonyl (C=O) groups excluding carboxylic acids is 2. The molecular formula is C25H41NO4. The summed E-state index contributed by atoms with van der Waals surface area (Å²) in [6.45, 7) is 6.79. The number of aliphatic hydroxyl groups excluding tert-OH is 2. The molecule has 1 amide bonds. The van der Waals surface area contributed by atoms with Gasteiger partial charge in [0.25, 0.3) is 0 Å². The number of fused-ring (bicyclic) bond motifs is 5. The zero-order valence-electron chi connectivity index (χ0n) is 19.2. The number of amides is 1. The minimum absolute atomic E-state index is 0.0586. The first-order valence-electron chi connectivity index (χ1n) is 12.2. The van der Waals surface area contributed by atoms with E-state index >= 15 is 0 Å². The minimum Gasteiger partial charge on any atom is -0.393 e. The van der Waals surface area contributed by atoms with Crippen LogP contribution in [0.1, 0.15) is 78.6 Å². The third-order valence-corrected chi connectivity index (χ3v) is 10.4. The highest BCUT2D eigenvalue weighted by Crippen LogP contribution is 2.67. The van der Waals surface area contributed by atoms with Crippen molar-refractivity contribution in [2.45, 2.75) is 90.8 Å². The molecule has 0 heterocycles. The summed E-state index contributed by atoms with van der Waals surface area (Å²) >= 11 is 0. The molecule has 5 heteroatoms. The van der Waals surface area contributed by atoms with Crippen LogP contribution in [-0.2, 0) is 9.59 Å². The van der Waals surface area contributed by atoms with E-state index in [0.29, 0.717) is 36.9 Å². The molecule has 0 unspecified atom stereocenters. The SMILES string of the molecule is CNC(=O)CC[C@@H](C)[C@H]1CC[C@H]2[C@@H]3C(=O)C[C@@H]4C[C@H](O)CC[C@]4(C)[C@H]3C[C@H](O)[C@]12C. The molecule has 3 N–H and O–H groups in total. The van der Waals surface area contributed by atoms with Crippen LogP contribution in [0, 0.1) is 46.3 Å². The van der Waals surface area contributed by atoms with Gasteiger partial charge < -0.3 is 15.5 Å². The fraction of sp³-hybridized carbons (Fsp3) is 0.920. The van der Waals surface area contributed by atoms with Crippen LogP contribution in [0.4, 0.5) is 0 Å². The summed E-state index contributed by atoms with van der Waals surface area (Å²) in [6, 6.07) is 0. The van der Waals surface area contributed by atoms with Crippen molar-refractivity contribution >= 4 is 11.7 Å². The van der Waals surface area contributed by atoms with Crippen LogP contribution in [-0.4, -0.2) is 41.2 Å². The van der Waals surface area contributed by atoms with Gasteiger partial charge in [0.1, 0.15) is 5.78 Å². The highest BCUT2D eigenvalue weighted by molar-refractivity contribution is 5.83. The Morgan fingerprint density at radius 3 is 2.60 bits per heavy atom. The Kier molecular flexibility index (Phi) is 5.85. The molecular weight excluding hydrogens is 378 g/mol. The predicted molar refractivity (Wildman–Crippen MR) is 115 cm³/mol. The molecule has 0 radical (unpaired) electrons. The lowest BCUT2D eigenvalue weighted by molar-refractivity contribution is -0.182. The van der Waals surface area contributed by atoms with E-state index < -0.39 is 6.10 Å². The first-order chi connectivity index (χ1) is 14.1. The molecule has 0 aromatic carbocycles. The van der Waals surface area contributed by atoms with Crippen LogP contribution < -0.4 is 5.32 Å². The van der Waals surface area contributed by atoms with Crippen LogP contribution in [0.5, 0.6) is 0 Å². The molecule has 0 aromatic heterocycles. The Hall–Kier alpha value is -0.940. The highest BCUT2D eigenvalue weighted by atomic mass is 16.3. The summed E-state index contributed by atoms with van der Waals surface area (Å²) in [6.07, 6.45) is 6.59. The summed E-state index contributed by atoms with van der Waals surface area (Å²) < 4.78 is 0. The molecule has 4 saturated carbocycles. The van der Waals surface area contributed by atoms with Crippen molar-refractivity contribution < 1.29 is 19.8 Å². The third-order valence-electron chi connectivity index (χ3n) is 10.4. The first kappa shape index (κ1) is 22.3. The van der Waals surface area contributed by atoms with Gasteiger partial charge in [-0.25, -0.2) is 0 Å². The maximum Gasteiger partial charge on any atom is 0.219 e. The van der Waals surface area contributed by atoms with Crippen molar-refractivity contribution in [2.75, 3.05) is 7.05 Å². The van der Waals surface area contributed by atoms with Crippen molar-refractivity contribution in [2.24, 2.45) is 46.3 Å². The molecule has 4 aliphatic rings. The van der Waals surface area contributed by atoms with E-state index in [2.05, 4.69) is 26.1 Å². The van der Waals surface area contributed by atoms with Gasteiger partial charge in [-0.1, -0.05) is 20.8 Å². The molecule has 0 spiro atoms. The van der Waals surface area contributed by atoms with E-state index in [0.717, 1.165) is 38.5 Å². The molecule has 4 rings (SSSR count). The zero-order valence-corrected chi connectivity index (χ0v) is 19.2. The summed E-state index contributed by atoms with van der Waals surface area (Å²) in [5.41, 5.74) is -0.181. The molecule has 170 valence electrons. The van der Waals surface area contributed by atoms with Crippen LogP contribution >= 0.6 is 0 Å². The van der Waals surface area contributed by atoms with Gasteiger partial charge in [-0.2, -0.15) is 0 Å². The maximum atomic E-state index is 13.4. The van der Waals surface area contributed by atoms with Gasteiger partial charge in [-0.05, 0) is 80.0 Å². The second kappa shape index (κ2) is 7.88. The lowest BCUT2D eigenvalue weighted by Gasteiger charge is -2.61. The fourth-order valence-electron chi connectivity index (χ4n) is 8.53. The summed E-state index contributed by atoms with van der Waals surface area (Å²) in [4.78, 5) is 25.2. The highest BCUT2D eigenvalue weighted by Gasteiger charge is 2.65. The van der Waals surface area contributed by atoms with E-state index in [9.17, 15) is 19.8 Å². The van der Waals surface area contributed by atoms with Gasteiger partial charge in [0.05, 0.1) is 12.2 Å². The van der Waals surface area contributed by atoms with Crippen LogP contribution in [0.25, 0.3) is 0 Å². The van der Waals surface area contributed by atoms with E-state index in [1.165, 1.54) is 0 Å². The zero-order chi connectivity index (χ0) is 21.8. The Bertz CT molecular complexity index is 695. The van der Waals surface area contributed by atoms with Gasteiger partial charge >= 0.3 is 0 Å². The Labute approximate surface area is 181 Å². The normalized spacial score (nSPS) is 49.0. The standard InChI is InChI=1S/C25H41NO4/c1-14(5-8-22(30)26-4)17-6-7-18-23-19(13-21(29)25(17,18)3)24(2)10-9-16(27)11-15(24)12-20(23)28/h14-19,21,23,27,29H,5-13H2,1-4H3,(H,26,30)/t14-,15+,16-,17-,18+,19+,21+,23+,24+,25-/m1/s1. The van der Waals surface area contributed by atoms with Gasteiger partial charge in [-0.3, -0.25) is 9.59 Å². The second-order valence-electron chi connectivity index (χ2n) is 11.5. The van der Waals surface area contributed by atoms with Gasteiger partial charge in [0.15, 0.2) is 0 Å². The van der Waals surface area contributed by atoms with Gasteiger partial charge in [-0.15, -0.1) is 0 Å². The minimum atomic E-state index is -0.395. The van der Waals surface area contributed by atoms with E-state index in [1.54, 1.807) is 7.05 Å². The van der Waals surface area contributed by atoms with Crippen LogP contribution in [0.2, 0.25) is 0 Å². The number of hydrogen-bond donors (Lipinski definition) is 3. The molecule has 0 aliphatic heterocycles. The van der Waals surface area contributed by atoms with Crippen molar-refractivity contribution in [3.8, 4) is 0 Å². The van der Waals surface area contributed by atoms with Crippen LogP contribution in [0.3, 0.4) is 0 Å². The summed E-state index contributed by atoms with van der Waals surface area (Å²) in [5.74, 6) is 1.98. The molecule has 10 atom stereocenters. The quantitative estimate of drug-likeness (QED) is 0.652. The fourth-order valence-corrected chi connectivity index (χ4v) is 8.53. The monoisotopic (exact) mass is 419 g/mol. The first-order valence-corrected chi connectivity index (χ1v) is 12.2. The van der Waals surface area contributed by atoms with E-state index in [1.807, 2.05) is 0 Å². The number of aliphatic hydroxyl groups is 2. The van der Waals surface area contributed by atoms with Crippen molar-refractivity contribution in [3.05, 3.63) is 0 Å². The van der Waals surface area contributed by atoms with Gasteiger partial charge in [0.2, 0.25) is 5.91 Å². The molecule has 0 aromatic rings. The molecule has 4 fully saturated rings. The Morgan fingerprint density at radius 1 is 1.17 bits per heavy atom. The second-order valence-corrected chi connectivity index (χ2v) is 11.5. The largest absolute Gasteiger partial charge is 0.393 e. The smallest absolute Gasteiger partial charge is 0.219 e. The number of Topliss-reactive ketones (excluding diaryl/α,β-unsaturated/α-hetero) is 1. The molecule has 4 aliphatic carbocycles. The number of hydrogen-bond acceptors (Lipinski definition) is 4. The van der Waals surface area contributed by atoms with Crippen molar-refractivity contribution in [3.63, 3.8) is 0 Å². The van der Waals surface area contributed by atoms with E-state index in [-0.39, 0.29) is 46.5 Å². The lowest BCUT2D eigenvalue weighted by Crippen LogP contribution is -2.61. The third kappa shape index (κ3) is 3.26. The maximum absolute atomic E-state index is 13.4. The topological polar surface area (TPSA) is 86.6 Å². The number of carbonyl (C=O) groups is 2. The molecule has 5 nitrogen and oxygen atoms in total. The molecule has 0 saturated heterocycles. The van der Waals surface area contributed by atoms with Crippen molar-refractivity contribution in [1.29, 1.82) is 0 Å². The van der Waals surface area contributed by atoms with Crippen molar-refractivity contribution in [1.82, 2.24) is 5.32 Å². The Balaban J connectivity index is 1.59. The average molecular weight is 420 g/mol. The Morgan fingerprint density at radius 2 is 1.90 bits per heavy atom. The number of ketones is 1. The lowest BCUT2D eigenvalue weighted by atomic mass is 9.43. The number of rotatable bonds is 4.